The van der Waals surface area contributed by atoms with Crippen LogP contribution in [0.3, 0.4) is 0 Å². The molecule has 1 N–H and O–H groups in total. The molecule has 2 aliphatic rings. The second kappa shape index (κ2) is 7.64. The Balaban J connectivity index is 1.56. The quantitative estimate of drug-likeness (QED) is 0.707. The molecule has 2 fully saturated rings. The van der Waals surface area contributed by atoms with Gasteiger partial charge in [-0.15, -0.1) is 0 Å². The van der Waals surface area contributed by atoms with Gasteiger partial charge in [-0.25, -0.2) is 0 Å². The van der Waals surface area contributed by atoms with Crippen molar-refractivity contribution in [2.24, 2.45) is 11.3 Å². The van der Waals surface area contributed by atoms with Crippen LogP contribution in [0.2, 0.25) is 0 Å². The van der Waals surface area contributed by atoms with Crippen molar-refractivity contribution in [1.29, 1.82) is 0 Å². The monoisotopic (exact) mass is 266 g/mol. The standard InChI is InChI=1S/C17H34N2/c1-3-17(4-2)10-12-19(15-17)13-11-18-14-16-8-6-5-7-9-16/h16,18H,3-15H2,1-2H3. The first-order valence-electron chi connectivity index (χ1n) is 8.71. The van der Waals surface area contributed by atoms with E-state index < -0.39 is 0 Å². The van der Waals surface area contributed by atoms with Crippen LogP contribution in [-0.2, 0) is 0 Å². The van der Waals surface area contributed by atoms with Crippen molar-refractivity contribution in [3.63, 3.8) is 0 Å². The van der Waals surface area contributed by atoms with Crippen molar-refractivity contribution in [1.82, 2.24) is 10.2 Å². The Morgan fingerprint density at radius 2 is 1.84 bits per heavy atom. The highest BCUT2D eigenvalue weighted by Gasteiger charge is 2.34. The second-order valence-corrected chi connectivity index (χ2v) is 6.94. The average Bonchev–Trinajstić information content (AvgIpc) is 2.89. The highest BCUT2D eigenvalue weighted by atomic mass is 15.2. The zero-order valence-electron chi connectivity index (χ0n) is 13.2. The van der Waals surface area contributed by atoms with Gasteiger partial charge < -0.3 is 10.2 Å². The third kappa shape index (κ3) is 4.46. The summed E-state index contributed by atoms with van der Waals surface area (Å²) in [6.45, 7) is 11.1. The van der Waals surface area contributed by atoms with E-state index in [0.29, 0.717) is 5.41 Å². The van der Waals surface area contributed by atoms with Crippen LogP contribution in [0.4, 0.5) is 0 Å². The second-order valence-electron chi connectivity index (χ2n) is 6.94. The van der Waals surface area contributed by atoms with Gasteiger partial charge in [0.2, 0.25) is 0 Å². The first kappa shape index (κ1) is 15.3. The molecule has 0 amide bonds. The Hall–Kier alpha value is -0.0800. The molecule has 0 atom stereocenters. The molecular weight excluding hydrogens is 232 g/mol. The smallest absolute Gasteiger partial charge is 0.0107 e. The SMILES string of the molecule is CCC1(CC)CCN(CCNCC2CCCCC2)C1. The Morgan fingerprint density at radius 3 is 2.47 bits per heavy atom. The molecule has 0 aromatic carbocycles. The van der Waals surface area contributed by atoms with Crippen LogP contribution < -0.4 is 5.32 Å². The maximum atomic E-state index is 3.70. The molecule has 2 heteroatoms. The van der Waals surface area contributed by atoms with Crippen LogP contribution in [0.15, 0.2) is 0 Å². The first-order valence-corrected chi connectivity index (χ1v) is 8.71. The van der Waals surface area contributed by atoms with E-state index in [1.807, 2.05) is 0 Å². The van der Waals surface area contributed by atoms with E-state index in [2.05, 4.69) is 24.1 Å². The Morgan fingerprint density at radius 1 is 1.11 bits per heavy atom. The fourth-order valence-corrected chi connectivity index (χ4v) is 3.98. The molecule has 0 aromatic heterocycles. The summed E-state index contributed by atoms with van der Waals surface area (Å²) in [5.74, 6) is 0.970. The van der Waals surface area contributed by atoms with E-state index >= 15 is 0 Å². The van der Waals surface area contributed by atoms with Gasteiger partial charge in [0.1, 0.15) is 0 Å². The Bertz CT molecular complexity index is 242. The summed E-state index contributed by atoms with van der Waals surface area (Å²) in [5, 5.41) is 3.70. The van der Waals surface area contributed by atoms with Crippen molar-refractivity contribution in [2.45, 2.75) is 65.2 Å². The number of rotatable bonds is 7. The predicted molar refractivity (Wildman–Crippen MR) is 83.5 cm³/mol. The minimum Gasteiger partial charge on any atom is -0.315 e. The first-order chi connectivity index (χ1) is 9.28. The summed E-state index contributed by atoms with van der Waals surface area (Å²) in [6.07, 6.45) is 11.5. The third-order valence-corrected chi connectivity index (χ3v) is 5.78. The summed E-state index contributed by atoms with van der Waals surface area (Å²) in [5.41, 5.74) is 0.642. The lowest BCUT2D eigenvalue weighted by molar-refractivity contribution is 0.238. The molecule has 112 valence electrons. The predicted octanol–water partition coefficient (Wildman–Crippen LogP) is 3.67. The summed E-state index contributed by atoms with van der Waals surface area (Å²) >= 11 is 0. The molecule has 0 aromatic rings. The highest BCUT2D eigenvalue weighted by Crippen LogP contribution is 2.36. The maximum Gasteiger partial charge on any atom is 0.0107 e. The zero-order valence-corrected chi connectivity index (χ0v) is 13.2. The van der Waals surface area contributed by atoms with Crippen LogP contribution in [0, 0.1) is 11.3 Å². The molecular formula is C17H34N2. The lowest BCUT2D eigenvalue weighted by atomic mass is 9.82. The van der Waals surface area contributed by atoms with E-state index in [9.17, 15) is 0 Å². The Labute approximate surface area is 120 Å². The van der Waals surface area contributed by atoms with Crippen LogP contribution in [-0.4, -0.2) is 37.6 Å². The number of hydrogen-bond acceptors (Lipinski definition) is 2. The third-order valence-electron chi connectivity index (χ3n) is 5.78. The molecule has 1 saturated heterocycles. The van der Waals surface area contributed by atoms with Crippen LogP contribution in [0.1, 0.15) is 65.2 Å². The molecule has 0 spiro atoms. The van der Waals surface area contributed by atoms with E-state index in [1.54, 1.807) is 0 Å². The summed E-state index contributed by atoms with van der Waals surface area (Å²) in [6, 6.07) is 0. The van der Waals surface area contributed by atoms with Gasteiger partial charge >= 0.3 is 0 Å². The van der Waals surface area contributed by atoms with Crippen molar-refractivity contribution >= 4 is 0 Å². The van der Waals surface area contributed by atoms with E-state index in [-0.39, 0.29) is 0 Å². The van der Waals surface area contributed by atoms with E-state index in [1.165, 1.54) is 84.1 Å². The van der Waals surface area contributed by atoms with Gasteiger partial charge in [0.15, 0.2) is 0 Å². The van der Waals surface area contributed by atoms with Gasteiger partial charge in [0.05, 0.1) is 0 Å². The van der Waals surface area contributed by atoms with Crippen LogP contribution in [0.25, 0.3) is 0 Å². The molecule has 1 aliphatic heterocycles. The minimum absolute atomic E-state index is 0.642. The van der Waals surface area contributed by atoms with Crippen molar-refractivity contribution in [3.8, 4) is 0 Å². The fraction of sp³-hybridized carbons (Fsp3) is 1.00. The highest BCUT2D eigenvalue weighted by molar-refractivity contribution is 4.88. The summed E-state index contributed by atoms with van der Waals surface area (Å²) in [7, 11) is 0. The normalized spacial score (nSPS) is 24.9. The van der Waals surface area contributed by atoms with Gasteiger partial charge in [0.25, 0.3) is 0 Å². The van der Waals surface area contributed by atoms with E-state index in [4.69, 9.17) is 0 Å². The van der Waals surface area contributed by atoms with Gasteiger partial charge in [0, 0.05) is 19.6 Å². The lowest BCUT2D eigenvalue weighted by Gasteiger charge is -2.27. The summed E-state index contributed by atoms with van der Waals surface area (Å²) < 4.78 is 0. The van der Waals surface area contributed by atoms with Crippen molar-refractivity contribution in [3.05, 3.63) is 0 Å². The maximum absolute atomic E-state index is 3.70. The number of likely N-dealkylation sites (tertiary alicyclic amines) is 1. The largest absolute Gasteiger partial charge is 0.315 e. The number of nitrogens with zero attached hydrogens (tertiary/aromatic N) is 1. The van der Waals surface area contributed by atoms with Gasteiger partial charge in [-0.2, -0.15) is 0 Å². The van der Waals surface area contributed by atoms with Gasteiger partial charge in [-0.1, -0.05) is 33.1 Å². The molecule has 2 nitrogen and oxygen atoms in total. The van der Waals surface area contributed by atoms with Crippen molar-refractivity contribution < 1.29 is 0 Å². The molecule has 1 saturated carbocycles. The topological polar surface area (TPSA) is 15.3 Å². The Kier molecular flexibility index (Phi) is 6.15. The zero-order chi connectivity index (χ0) is 13.6. The molecule has 1 heterocycles. The molecule has 2 rings (SSSR count). The van der Waals surface area contributed by atoms with E-state index in [0.717, 1.165) is 5.92 Å². The van der Waals surface area contributed by atoms with Gasteiger partial charge in [-0.3, -0.25) is 0 Å². The fourth-order valence-electron chi connectivity index (χ4n) is 3.98. The lowest BCUT2D eigenvalue weighted by Crippen LogP contribution is -2.34. The molecule has 0 radical (unpaired) electrons. The van der Waals surface area contributed by atoms with Crippen molar-refractivity contribution in [2.75, 3.05) is 32.7 Å². The molecule has 1 aliphatic carbocycles. The van der Waals surface area contributed by atoms with Gasteiger partial charge in [-0.05, 0) is 56.5 Å². The van der Waals surface area contributed by atoms with Crippen LogP contribution in [0.5, 0.6) is 0 Å². The molecule has 19 heavy (non-hydrogen) atoms. The average molecular weight is 266 g/mol. The van der Waals surface area contributed by atoms with Crippen LogP contribution >= 0.6 is 0 Å². The molecule has 0 bridgehead atoms. The number of hydrogen-bond donors (Lipinski definition) is 1. The summed E-state index contributed by atoms with van der Waals surface area (Å²) in [4.78, 5) is 2.68. The minimum atomic E-state index is 0.642. The molecule has 0 unspecified atom stereocenters. The number of nitrogens with one attached hydrogen (secondary N) is 1.